The number of amides is 1. The van der Waals surface area contributed by atoms with Gasteiger partial charge in [-0.15, -0.1) is 0 Å². The molecule has 7 heteroatoms. The Morgan fingerprint density at radius 3 is 2.45 bits per heavy atom. The lowest BCUT2D eigenvalue weighted by Crippen LogP contribution is -2.52. The number of carbonyl (C=O) groups is 1. The van der Waals surface area contributed by atoms with Crippen molar-refractivity contribution in [3.63, 3.8) is 0 Å². The van der Waals surface area contributed by atoms with Crippen LogP contribution in [0, 0.1) is 0 Å². The lowest BCUT2D eigenvalue weighted by Gasteiger charge is -2.40. The summed E-state index contributed by atoms with van der Waals surface area (Å²) in [5.74, 6) is 1.44. The molecule has 3 aromatic carbocycles. The number of benzene rings is 3. The Hall–Kier alpha value is -3.38. The minimum atomic E-state index is -0.704. The number of nitrogens with one attached hydrogen (secondary N) is 2. The maximum Gasteiger partial charge on any atom is 0.251 e. The van der Waals surface area contributed by atoms with Crippen LogP contribution in [0.15, 0.2) is 54.6 Å². The minimum absolute atomic E-state index is 0.0104. The van der Waals surface area contributed by atoms with Gasteiger partial charge in [-0.25, -0.2) is 0 Å². The van der Waals surface area contributed by atoms with Crippen LogP contribution in [0.4, 0.5) is 17.1 Å². The van der Waals surface area contributed by atoms with E-state index in [1.165, 1.54) is 0 Å². The van der Waals surface area contributed by atoms with Gasteiger partial charge >= 0.3 is 0 Å². The second-order valence-electron chi connectivity index (χ2n) is 8.50. The molecule has 0 spiro atoms. The largest absolute Gasteiger partial charge is 0.496 e. The van der Waals surface area contributed by atoms with Gasteiger partial charge in [0.15, 0.2) is 0 Å². The smallest absolute Gasteiger partial charge is 0.251 e. The summed E-state index contributed by atoms with van der Waals surface area (Å²) < 4.78 is 11.1. The number of rotatable bonds is 6. The van der Waals surface area contributed by atoms with Crippen LogP contribution in [0.3, 0.4) is 0 Å². The molecule has 0 bridgehead atoms. The molecule has 1 aliphatic heterocycles. The van der Waals surface area contributed by atoms with Crippen molar-refractivity contribution in [2.24, 2.45) is 0 Å². The van der Waals surface area contributed by atoms with Crippen LogP contribution in [-0.2, 0) is 11.3 Å². The molecule has 33 heavy (non-hydrogen) atoms. The SMILES string of the molecule is COc1ccccc1NCc1c(-c2cc(Cl)ccc2OC)ccc2c1N(C)C(=O)C(C)(C)N2. The molecule has 0 aromatic heterocycles. The Bertz CT molecular complexity index is 1210. The molecule has 1 heterocycles. The Morgan fingerprint density at radius 2 is 1.73 bits per heavy atom. The number of ether oxygens (including phenoxy) is 2. The lowest BCUT2D eigenvalue weighted by atomic mass is 9.91. The first-order valence-corrected chi connectivity index (χ1v) is 11.1. The molecule has 1 aliphatic rings. The summed E-state index contributed by atoms with van der Waals surface area (Å²) in [6.45, 7) is 4.22. The molecule has 2 N–H and O–H groups in total. The summed E-state index contributed by atoms with van der Waals surface area (Å²) in [4.78, 5) is 14.9. The van der Waals surface area contributed by atoms with Gasteiger partial charge in [-0.05, 0) is 55.8 Å². The molecule has 0 unspecified atom stereocenters. The molecule has 0 saturated heterocycles. The van der Waals surface area contributed by atoms with Crippen molar-refractivity contribution >= 4 is 34.6 Å². The monoisotopic (exact) mass is 465 g/mol. The molecule has 0 radical (unpaired) electrons. The van der Waals surface area contributed by atoms with Crippen LogP contribution in [0.2, 0.25) is 5.02 Å². The zero-order chi connectivity index (χ0) is 23.8. The number of halogens is 1. The fourth-order valence-corrected chi connectivity index (χ4v) is 4.50. The normalized spacial score (nSPS) is 14.4. The van der Waals surface area contributed by atoms with E-state index in [9.17, 15) is 4.79 Å². The molecule has 172 valence electrons. The average molecular weight is 466 g/mol. The van der Waals surface area contributed by atoms with Gasteiger partial charge in [-0.3, -0.25) is 4.79 Å². The maximum atomic E-state index is 13.1. The van der Waals surface area contributed by atoms with Crippen LogP contribution < -0.4 is 25.0 Å². The number of carbonyl (C=O) groups excluding carboxylic acids is 1. The molecule has 0 saturated carbocycles. The van der Waals surface area contributed by atoms with Crippen molar-refractivity contribution in [3.8, 4) is 22.6 Å². The fourth-order valence-electron chi connectivity index (χ4n) is 4.33. The van der Waals surface area contributed by atoms with Crippen molar-refractivity contribution in [2.45, 2.75) is 25.9 Å². The van der Waals surface area contributed by atoms with Gasteiger partial charge in [0.05, 0.1) is 31.3 Å². The first kappa shape index (κ1) is 22.8. The molecule has 3 aromatic rings. The van der Waals surface area contributed by atoms with Crippen molar-refractivity contribution in [2.75, 3.05) is 36.8 Å². The Morgan fingerprint density at radius 1 is 1.00 bits per heavy atom. The zero-order valence-corrected chi connectivity index (χ0v) is 20.2. The zero-order valence-electron chi connectivity index (χ0n) is 19.5. The summed E-state index contributed by atoms with van der Waals surface area (Å²) in [6.07, 6.45) is 0. The van der Waals surface area contributed by atoms with Crippen LogP contribution in [0.5, 0.6) is 11.5 Å². The maximum absolute atomic E-state index is 13.1. The van der Waals surface area contributed by atoms with Crippen LogP contribution >= 0.6 is 11.6 Å². The van der Waals surface area contributed by atoms with Gasteiger partial charge in [0, 0.05) is 29.7 Å². The fraction of sp³-hybridized carbons (Fsp3) is 0.269. The molecule has 0 atom stereocenters. The third-order valence-corrected chi connectivity index (χ3v) is 6.15. The van der Waals surface area contributed by atoms with Gasteiger partial charge in [-0.1, -0.05) is 29.8 Å². The number of hydrogen-bond acceptors (Lipinski definition) is 5. The van der Waals surface area contributed by atoms with Crippen molar-refractivity contribution in [1.29, 1.82) is 0 Å². The lowest BCUT2D eigenvalue weighted by molar-refractivity contribution is -0.121. The van der Waals surface area contributed by atoms with Gasteiger partial charge in [0.2, 0.25) is 0 Å². The molecule has 0 aliphatic carbocycles. The highest BCUT2D eigenvalue weighted by Gasteiger charge is 2.38. The highest BCUT2D eigenvalue weighted by atomic mass is 35.5. The summed E-state index contributed by atoms with van der Waals surface area (Å²) in [5.41, 5.74) is 4.60. The van der Waals surface area contributed by atoms with Gasteiger partial charge in [0.1, 0.15) is 17.0 Å². The van der Waals surface area contributed by atoms with Gasteiger partial charge in [-0.2, -0.15) is 0 Å². The highest BCUT2D eigenvalue weighted by Crippen LogP contribution is 2.44. The highest BCUT2D eigenvalue weighted by molar-refractivity contribution is 6.31. The third kappa shape index (κ3) is 4.18. The second-order valence-corrected chi connectivity index (χ2v) is 8.94. The van der Waals surface area contributed by atoms with E-state index in [0.29, 0.717) is 17.3 Å². The molecule has 6 nitrogen and oxygen atoms in total. The second kappa shape index (κ2) is 8.87. The Balaban J connectivity index is 1.90. The van der Waals surface area contributed by atoms with E-state index < -0.39 is 5.54 Å². The first-order chi connectivity index (χ1) is 15.8. The minimum Gasteiger partial charge on any atom is -0.496 e. The molecular formula is C26H28ClN3O3. The van der Waals surface area contributed by atoms with E-state index in [-0.39, 0.29) is 5.91 Å². The Kier molecular flexibility index (Phi) is 6.13. The van der Waals surface area contributed by atoms with E-state index in [2.05, 4.69) is 10.6 Å². The quantitative estimate of drug-likeness (QED) is 0.481. The molecule has 1 amide bonds. The van der Waals surface area contributed by atoms with E-state index >= 15 is 0 Å². The summed E-state index contributed by atoms with van der Waals surface area (Å²) in [5, 5.41) is 7.49. The number of nitrogens with zero attached hydrogens (tertiary/aromatic N) is 1. The predicted octanol–water partition coefficient (Wildman–Crippen LogP) is 5.80. The third-order valence-electron chi connectivity index (χ3n) is 5.92. The number of likely N-dealkylation sites (N-methyl/N-ethyl adjacent to an activating group) is 1. The van der Waals surface area contributed by atoms with Crippen LogP contribution in [-0.4, -0.2) is 32.7 Å². The van der Waals surface area contributed by atoms with E-state index in [4.69, 9.17) is 21.1 Å². The van der Waals surface area contributed by atoms with Gasteiger partial charge < -0.3 is 25.0 Å². The number of para-hydroxylation sites is 2. The van der Waals surface area contributed by atoms with Crippen LogP contribution in [0.1, 0.15) is 19.4 Å². The number of methoxy groups -OCH3 is 2. The first-order valence-electron chi connectivity index (χ1n) is 10.7. The topological polar surface area (TPSA) is 62.8 Å². The molecule has 0 fully saturated rings. The van der Waals surface area contributed by atoms with E-state index in [1.807, 2.05) is 69.4 Å². The van der Waals surface area contributed by atoms with Crippen molar-refractivity contribution in [3.05, 3.63) is 65.2 Å². The van der Waals surface area contributed by atoms with E-state index in [1.54, 1.807) is 25.2 Å². The summed E-state index contributed by atoms with van der Waals surface area (Å²) in [7, 11) is 5.10. The molecular weight excluding hydrogens is 438 g/mol. The average Bonchev–Trinajstić information content (AvgIpc) is 2.81. The number of hydrogen-bond donors (Lipinski definition) is 2. The summed E-state index contributed by atoms with van der Waals surface area (Å²) in [6, 6.07) is 17.3. The number of anilines is 3. The van der Waals surface area contributed by atoms with Crippen LogP contribution in [0.25, 0.3) is 11.1 Å². The number of fused-ring (bicyclic) bond motifs is 1. The standard InChI is InChI=1S/C26H28ClN3O3/c1-26(2)25(31)30(3)24-19(15-28-20-8-6-7-9-23(20)33-5)17(11-12-21(24)29-26)18-14-16(27)10-13-22(18)32-4/h6-14,28-29H,15H2,1-5H3. The molecule has 4 rings (SSSR count). The summed E-state index contributed by atoms with van der Waals surface area (Å²) >= 11 is 6.36. The van der Waals surface area contributed by atoms with Gasteiger partial charge in [0.25, 0.3) is 5.91 Å². The van der Waals surface area contributed by atoms with Crippen molar-refractivity contribution in [1.82, 2.24) is 0 Å². The Labute approximate surface area is 199 Å². The van der Waals surface area contributed by atoms with E-state index in [0.717, 1.165) is 39.5 Å². The van der Waals surface area contributed by atoms with Crippen molar-refractivity contribution < 1.29 is 14.3 Å². The predicted molar refractivity (Wildman–Crippen MR) is 135 cm³/mol.